The number of Topliss-reactive ketones (excluding diaryl/α,β-unsaturated/α-hetero) is 1. The third kappa shape index (κ3) is 4.57. The summed E-state index contributed by atoms with van der Waals surface area (Å²) in [6, 6.07) is 12.4. The molecule has 6 nitrogen and oxygen atoms in total. The number of esters is 1. The summed E-state index contributed by atoms with van der Waals surface area (Å²) >= 11 is 0. The number of anilines is 1. The number of benzene rings is 2. The second kappa shape index (κ2) is 8.69. The molecule has 146 valence electrons. The molecule has 6 heteroatoms. The lowest BCUT2D eigenvalue weighted by molar-refractivity contribution is -0.141. The Morgan fingerprint density at radius 1 is 1.11 bits per heavy atom. The molecule has 28 heavy (non-hydrogen) atoms. The number of ketones is 1. The van der Waals surface area contributed by atoms with E-state index in [0.29, 0.717) is 24.3 Å². The fraction of sp³-hybridized carbons (Fsp3) is 0.318. The van der Waals surface area contributed by atoms with E-state index in [1.807, 2.05) is 19.1 Å². The fourth-order valence-corrected chi connectivity index (χ4v) is 3.23. The van der Waals surface area contributed by atoms with Crippen molar-refractivity contribution in [1.29, 1.82) is 0 Å². The number of carbonyl (C=O) groups excluding carboxylic acids is 3. The lowest BCUT2D eigenvalue weighted by Gasteiger charge is -2.15. The van der Waals surface area contributed by atoms with Crippen LogP contribution in [-0.4, -0.2) is 37.9 Å². The molecule has 1 amide bonds. The zero-order valence-electron chi connectivity index (χ0n) is 16.1. The standard InChI is InChI=1S/C22H23NO5/c1-15-5-10-20(27-2)17(12-15)13-22(26)28-14-19(24)16-6-8-18(9-7-16)23-11-3-4-21(23)25/h5-10,12H,3-4,11,13-14H2,1-2H3. The summed E-state index contributed by atoms with van der Waals surface area (Å²) in [5, 5.41) is 0. The normalized spacial score (nSPS) is 13.5. The molecule has 0 saturated carbocycles. The van der Waals surface area contributed by atoms with Crippen LogP contribution in [-0.2, 0) is 20.7 Å². The molecule has 1 aliphatic heterocycles. The van der Waals surface area contributed by atoms with E-state index < -0.39 is 5.97 Å². The van der Waals surface area contributed by atoms with Crippen molar-refractivity contribution in [1.82, 2.24) is 0 Å². The zero-order chi connectivity index (χ0) is 20.1. The quantitative estimate of drug-likeness (QED) is 0.544. The zero-order valence-corrected chi connectivity index (χ0v) is 16.1. The summed E-state index contributed by atoms with van der Waals surface area (Å²) in [6.45, 7) is 2.30. The number of methoxy groups -OCH3 is 1. The van der Waals surface area contributed by atoms with Crippen LogP contribution in [0, 0.1) is 6.92 Å². The maximum absolute atomic E-state index is 12.3. The second-order valence-electron chi connectivity index (χ2n) is 6.77. The van der Waals surface area contributed by atoms with Gasteiger partial charge >= 0.3 is 5.97 Å². The van der Waals surface area contributed by atoms with Gasteiger partial charge in [0, 0.05) is 29.8 Å². The highest BCUT2D eigenvalue weighted by atomic mass is 16.5. The van der Waals surface area contributed by atoms with Crippen molar-refractivity contribution in [2.45, 2.75) is 26.2 Å². The van der Waals surface area contributed by atoms with E-state index in [9.17, 15) is 14.4 Å². The van der Waals surface area contributed by atoms with Gasteiger partial charge < -0.3 is 14.4 Å². The summed E-state index contributed by atoms with van der Waals surface area (Å²) in [5.74, 6) is -0.0686. The predicted molar refractivity (Wildman–Crippen MR) is 105 cm³/mol. The molecule has 0 aliphatic carbocycles. The van der Waals surface area contributed by atoms with E-state index in [0.717, 1.165) is 23.2 Å². The average Bonchev–Trinajstić information content (AvgIpc) is 3.12. The van der Waals surface area contributed by atoms with Gasteiger partial charge in [0.1, 0.15) is 5.75 Å². The molecular formula is C22H23NO5. The highest BCUT2D eigenvalue weighted by Gasteiger charge is 2.21. The molecule has 2 aromatic rings. The molecule has 0 atom stereocenters. The molecule has 2 aromatic carbocycles. The molecule has 0 aromatic heterocycles. The number of amides is 1. The molecule has 1 saturated heterocycles. The van der Waals surface area contributed by atoms with Crippen LogP contribution in [0.15, 0.2) is 42.5 Å². The first kappa shape index (κ1) is 19.6. The SMILES string of the molecule is COc1ccc(C)cc1CC(=O)OCC(=O)c1ccc(N2CCCC2=O)cc1. The Bertz CT molecular complexity index is 888. The lowest BCUT2D eigenvalue weighted by atomic mass is 10.1. The van der Waals surface area contributed by atoms with E-state index >= 15 is 0 Å². The third-order valence-electron chi connectivity index (χ3n) is 4.71. The molecule has 0 unspecified atom stereocenters. The average molecular weight is 381 g/mol. The van der Waals surface area contributed by atoms with Gasteiger partial charge in [-0.05, 0) is 43.7 Å². The van der Waals surface area contributed by atoms with Crippen molar-refractivity contribution in [2.75, 3.05) is 25.2 Å². The van der Waals surface area contributed by atoms with E-state index in [1.165, 1.54) is 0 Å². The molecule has 0 radical (unpaired) electrons. The highest BCUT2D eigenvalue weighted by Crippen LogP contribution is 2.22. The van der Waals surface area contributed by atoms with Gasteiger partial charge in [-0.1, -0.05) is 17.7 Å². The van der Waals surface area contributed by atoms with Crippen molar-refractivity contribution in [3.63, 3.8) is 0 Å². The minimum Gasteiger partial charge on any atom is -0.496 e. The molecule has 0 spiro atoms. The summed E-state index contributed by atoms with van der Waals surface area (Å²) < 4.78 is 10.4. The number of nitrogens with zero attached hydrogens (tertiary/aromatic N) is 1. The van der Waals surface area contributed by atoms with E-state index in [2.05, 4.69) is 0 Å². The predicted octanol–water partition coefficient (Wildman–Crippen LogP) is 3.10. The van der Waals surface area contributed by atoms with Gasteiger partial charge in [0.15, 0.2) is 12.4 Å². The van der Waals surface area contributed by atoms with Crippen LogP contribution in [0.2, 0.25) is 0 Å². The summed E-state index contributed by atoms with van der Waals surface area (Å²) in [7, 11) is 1.54. The second-order valence-corrected chi connectivity index (χ2v) is 6.77. The first-order valence-electron chi connectivity index (χ1n) is 9.20. The van der Waals surface area contributed by atoms with Crippen molar-refractivity contribution < 1.29 is 23.9 Å². The van der Waals surface area contributed by atoms with Crippen molar-refractivity contribution >= 4 is 23.3 Å². The number of carbonyl (C=O) groups is 3. The van der Waals surface area contributed by atoms with E-state index in [-0.39, 0.29) is 24.7 Å². The van der Waals surface area contributed by atoms with E-state index in [1.54, 1.807) is 42.3 Å². The first-order chi connectivity index (χ1) is 13.5. The minimum atomic E-state index is -0.489. The number of aryl methyl sites for hydroxylation is 1. The molecular weight excluding hydrogens is 358 g/mol. The van der Waals surface area contributed by atoms with Crippen LogP contribution < -0.4 is 9.64 Å². The topological polar surface area (TPSA) is 72.9 Å². The Hall–Kier alpha value is -3.15. The number of rotatable bonds is 7. The van der Waals surface area contributed by atoms with Crippen LogP contribution in [0.25, 0.3) is 0 Å². The monoisotopic (exact) mass is 381 g/mol. The largest absolute Gasteiger partial charge is 0.496 e. The van der Waals surface area contributed by atoms with Gasteiger partial charge in [0.2, 0.25) is 5.91 Å². The number of hydrogen-bond acceptors (Lipinski definition) is 5. The molecule has 0 N–H and O–H groups in total. The van der Waals surface area contributed by atoms with Gasteiger partial charge in [0.05, 0.1) is 13.5 Å². The van der Waals surface area contributed by atoms with Crippen molar-refractivity contribution in [3.05, 3.63) is 59.2 Å². The Balaban J connectivity index is 1.56. The highest BCUT2D eigenvalue weighted by molar-refractivity contribution is 5.99. The maximum atomic E-state index is 12.3. The Labute approximate surface area is 164 Å². The Morgan fingerprint density at radius 2 is 1.86 bits per heavy atom. The van der Waals surface area contributed by atoms with Gasteiger partial charge in [-0.15, -0.1) is 0 Å². The summed E-state index contributed by atoms with van der Waals surface area (Å²) in [5.41, 5.74) is 2.95. The maximum Gasteiger partial charge on any atom is 0.310 e. The summed E-state index contributed by atoms with van der Waals surface area (Å²) in [4.78, 5) is 37.9. The molecule has 3 rings (SSSR count). The minimum absolute atomic E-state index is 0.0359. The first-order valence-corrected chi connectivity index (χ1v) is 9.20. The van der Waals surface area contributed by atoms with Crippen LogP contribution in [0.3, 0.4) is 0 Å². The Morgan fingerprint density at radius 3 is 2.50 bits per heavy atom. The molecule has 1 fully saturated rings. The van der Waals surface area contributed by atoms with Gasteiger partial charge in [-0.3, -0.25) is 14.4 Å². The molecule has 1 aliphatic rings. The fourth-order valence-electron chi connectivity index (χ4n) is 3.23. The molecule has 0 bridgehead atoms. The Kier molecular flexibility index (Phi) is 6.09. The van der Waals surface area contributed by atoms with E-state index in [4.69, 9.17) is 9.47 Å². The smallest absolute Gasteiger partial charge is 0.310 e. The number of ether oxygens (including phenoxy) is 2. The van der Waals surface area contributed by atoms with Gasteiger partial charge in [0.25, 0.3) is 0 Å². The van der Waals surface area contributed by atoms with Crippen LogP contribution in [0.5, 0.6) is 5.75 Å². The van der Waals surface area contributed by atoms with Crippen LogP contribution in [0.4, 0.5) is 5.69 Å². The lowest BCUT2D eigenvalue weighted by Crippen LogP contribution is -2.23. The summed E-state index contributed by atoms with van der Waals surface area (Å²) in [6.07, 6.45) is 1.44. The van der Waals surface area contributed by atoms with Crippen molar-refractivity contribution in [2.24, 2.45) is 0 Å². The van der Waals surface area contributed by atoms with Crippen LogP contribution in [0.1, 0.15) is 34.3 Å². The number of hydrogen-bond donors (Lipinski definition) is 0. The van der Waals surface area contributed by atoms with Gasteiger partial charge in [-0.25, -0.2) is 0 Å². The molecule has 1 heterocycles. The third-order valence-corrected chi connectivity index (χ3v) is 4.71. The van der Waals surface area contributed by atoms with Gasteiger partial charge in [-0.2, -0.15) is 0 Å². The van der Waals surface area contributed by atoms with Crippen LogP contribution >= 0.6 is 0 Å². The van der Waals surface area contributed by atoms with Crippen molar-refractivity contribution in [3.8, 4) is 5.75 Å².